The monoisotopic (exact) mass is 269 g/mol. The van der Waals surface area contributed by atoms with Gasteiger partial charge in [-0.15, -0.1) is 6.58 Å². The number of allylic oxidation sites excluding steroid dienone is 1. The molecular weight excluding hydrogens is 238 g/mol. The molecule has 0 spiro atoms. The van der Waals surface area contributed by atoms with Gasteiger partial charge >= 0.3 is 0 Å². The Balaban J connectivity index is 2.22. The van der Waals surface area contributed by atoms with Crippen LogP contribution in [0.25, 0.3) is 0 Å². The molecule has 1 aliphatic rings. The fraction of sp³-hybridized carbons (Fsp3) is 0.875. The van der Waals surface area contributed by atoms with Crippen LogP contribution in [-0.2, 0) is 0 Å². The van der Waals surface area contributed by atoms with Crippen molar-refractivity contribution in [2.75, 3.05) is 12.3 Å². The fourth-order valence-corrected chi connectivity index (χ4v) is 3.95. The molecule has 0 radical (unpaired) electrons. The van der Waals surface area contributed by atoms with Crippen LogP contribution in [0, 0.1) is 0 Å². The standard InChI is InChI=1S/C16H31NS/c1-4-12-17-15(11-10-14(2)3)13-18-16-8-6-5-7-9-16/h15-17H,2,4-13H2,1,3H3. The second-order valence-corrected chi connectivity index (χ2v) is 7.07. The van der Waals surface area contributed by atoms with Gasteiger partial charge in [0.2, 0.25) is 0 Å². The van der Waals surface area contributed by atoms with E-state index in [9.17, 15) is 0 Å². The molecule has 18 heavy (non-hydrogen) atoms. The molecule has 1 saturated carbocycles. The normalized spacial score (nSPS) is 18.8. The molecule has 1 atom stereocenters. The number of thioether (sulfide) groups is 1. The third-order valence-electron chi connectivity index (χ3n) is 3.69. The second-order valence-electron chi connectivity index (χ2n) is 5.74. The molecule has 0 aromatic carbocycles. The first-order valence-electron chi connectivity index (χ1n) is 7.71. The van der Waals surface area contributed by atoms with Gasteiger partial charge in [-0.1, -0.05) is 31.8 Å². The summed E-state index contributed by atoms with van der Waals surface area (Å²) in [6, 6.07) is 0.688. The molecule has 1 nitrogen and oxygen atoms in total. The Kier molecular flexibility index (Phi) is 8.87. The highest BCUT2D eigenvalue weighted by molar-refractivity contribution is 7.99. The van der Waals surface area contributed by atoms with Gasteiger partial charge in [0.05, 0.1) is 0 Å². The van der Waals surface area contributed by atoms with Crippen LogP contribution in [0.15, 0.2) is 12.2 Å². The number of hydrogen-bond acceptors (Lipinski definition) is 2. The molecule has 0 heterocycles. The van der Waals surface area contributed by atoms with E-state index < -0.39 is 0 Å². The molecule has 0 aliphatic heterocycles. The van der Waals surface area contributed by atoms with Crippen molar-refractivity contribution in [2.45, 2.75) is 76.5 Å². The van der Waals surface area contributed by atoms with E-state index in [-0.39, 0.29) is 0 Å². The van der Waals surface area contributed by atoms with E-state index in [0.29, 0.717) is 6.04 Å². The molecule has 1 N–H and O–H groups in total. The highest BCUT2D eigenvalue weighted by Crippen LogP contribution is 2.29. The van der Waals surface area contributed by atoms with Crippen molar-refractivity contribution in [2.24, 2.45) is 0 Å². The fourth-order valence-electron chi connectivity index (χ4n) is 2.50. The van der Waals surface area contributed by atoms with E-state index in [0.717, 1.165) is 11.8 Å². The zero-order valence-corrected chi connectivity index (χ0v) is 13.2. The van der Waals surface area contributed by atoms with Gasteiger partial charge in [-0.05, 0) is 45.6 Å². The molecule has 1 aliphatic carbocycles. The number of rotatable bonds is 9. The van der Waals surface area contributed by atoms with Crippen molar-refractivity contribution in [3.8, 4) is 0 Å². The van der Waals surface area contributed by atoms with Gasteiger partial charge in [0.15, 0.2) is 0 Å². The Morgan fingerprint density at radius 3 is 2.67 bits per heavy atom. The Hall–Kier alpha value is 0.0500. The van der Waals surface area contributed by atoms with E-state index in [4.69, 9.17) is 0 Å². The van der Waals surface area contributed by atoms with E-state index in [1.54, 1.807) is 0 Å². The first-order valence-corrected chi connectivity index (χ1v) is 8.76. The van der Waals surface area contributed by atoms with Crippen LogP contribution in [0.1, 0.15) is 65.2 Å². The third kappa shape index (κ3) is 7.48. The van der Waals surface area contributed by atoms with E-state index >= 15 is 0 Å². The molecule has 1 rings (SSSR count). The lowest BCUT2D eigenvalue weighted by atomic mass is 10.0. The molecule has 2 heteroatoms. The molecule has 0 saturated heterocycles. The number of hydrogen-bond donors (Lipinski definition) is 1. The Bertz CT molecular complexity index is 221. The highest BCUT2D eigenvalue weighted by atomic mass is 32.2. The summed E-state index contributed by atoms with van der Waals surface area (Å²) < 4.78 is 0. The lowest BCUT2D eigenvalue weighted by Gasteiger charge is -2.24. The van der Waals surface area contributed by atoms with Crippen LogP contribution < -0.4 is 5.32 Å². The molecule has 0 bridgehead atoms. The topological polar surface area (TPSA) is 12.0 Å². The van der Waals surface area contributed by atoms with Crippen LogP contribution in [0.2, 0.25) is 0 Å². The average Bonchev–Trinajstić information content (AvgIpc) is 2.39. The van der Waals surface area contributed by atoms with Crippen molar-refractivity contribution in [3.63, 3.8) is 0 Å². The summed E-state index contributed by atoms with van der Waals surface area (Å²) in [5.41, 5.74) is 1.32. The maximum atomic E-state index is 4.02. The van der Waals surface area contributed by atoms with Gasteiger partial charge in [-0.25, -0.2) is 0 Å². The van der Waals surface area contributed by atoms with Crippen LogP contribution in [0.3, 0.4) is 0 Å². The van der Waals surface area contributed by atoms with Crippen LogP contribution in [0.5, 0.6) is 0 Å². The first-order chi connectivity index (χ1) is 8.72. The van der Waals surface area contributed by atoms with Gasteiger partial charge in [0.25, 0.3) is 0 Å². The lowest BCUT2D eigenvalue weighted by molar-refractivity contribution is 0.504. The maximum Gasteiger partial charge on any atom is 0.0161 e. The van der Waals surface area contributed by atoms with Crippen LogP contribution in [-0.4, -0.2) is 23.6 Å². The number of nitrogens with one attached hydrogen (secondary N) is 1. The van der Waals surface area contributed by atoms with Gasteiger partial charge in [-0.2, -0.15) is 11.8 Å². The molecular formula is C16H31NS. The summed E-state index contributed by atoms with van der Waals surface area (Å²) in [4.78, 5) is 0. The summed E-state index contributed by atoms with van der Waals surface area (Å²) in [6.07, 6.45) is 10.9. The maximum absolute atomic E-state index is 4.02. The molecule has 106 valence electrons. The first kappa shape index (κ1) is 16.1. The summed E-state index contributed by atoms with van der Waals surface area (Å²) in [7, 11) is 0. The SMILES string of the molecule is C=C(C)CCC(CSC1CCCCC1)NCCC. The average molecular weight is 269 g/mol. The van der Waals surface area contributed by atoms with Crippen molar-refractivity contribution < 1.29 is 0 Å². The van der Waals surface area contributed by atoms with Gasteiger partial charge in [-0.3, -0.25) is 0 Å². The molecule has 0 aromatic rings. The van der Waals surface area contributed by atoms with E-state index in [1.165, 1.54) is 62.7 Å². The van der Waals surface area contributed by atoms with Gasteiger partial charge in [0, 0.05) is 17.0 Å². The minimum absolute atomic E-state index is 0.688. The smallest absolute Gasteiger partial charge is 0.0161 e. The van der Waals surface area contributed by atoms with Crippen LogP contribution in [0.4, 0.5) is 0 Å². The lowest BCUT2D eigenvalue weighted by Crippen LogP contribution is -2.32. The quantitative estimate of drug-likeness (QED) is 0.605. The van der Waals surface area contributed by atoms with E-state index in [1.807, 2.05) is 0 Å². The van der Waals surface area contributed by atoms with E-state index in [2.05, 4.69) is 37.5 Å². The van der Waals surface area contributed by atoms with Gasteiger partial charge < -0.3 is 5.32 Å². The van der Waals surface area contributed by atoms with Crippen molar-refractivity contribution in [1.82, 2.24) is 5.32 Å². The minimum atomic E-state index is 0.688. The predicted molar refractivity (Wildman–Crippen MR) is 85.5 cm³/mol. The zero-order valence-electron chi connectivity index (χ0n) is 12.3. The Morgan fingerprint density at radius 2 is 2.06 bits per heavy atom. The van der Waals surface area contributed by atoms with Crippen molar-refractivity contribution in [3.05, 3.63) is 12.2 Å². The summed E-state index contributed by atoms with van der Waals surface area (Å²) in [5.74, 6) is 1.29. The highest BCUT2D eigenvalue weighted by Gasteiger charge is 2.16. The summed E-state index contributed by atoms with van der Waals surface area (Å²) in [5, 5.41) is 4.64. The van der Waals surface area contributed by atoms with Crippen LogP contribution >= 0.6 is 11.8 Å². The zero-order chi connectivity index (χ0) is 13.2. The Morgan fingerprint density at radius 1 is 1.33 bits per heavy atom. The molecule has 1 unspecified atom stereocenters. The van der Waals surface area contributed by atoms with Gasteiger partial charge in [0.1, 0.15) is 0 Å². The minimum Gasteiger partial charge on any atom is -0.313 e. The Labute approximate surface area is 118 Å². The van der Waals surface area contributed by atoms with Crippen molar-refractivity contribution in [1.29, 1.82) is 0 Å². The summed E-state index contributed by atoms with van der Waals surface area (Å²) >= 11 is 2.22. The van der Waals surface area contributed by atoms with Crippen molar-refractivity contribution >= 4 is 11.8 Å². The second kappa shape index (κ2) is 9.91. The largest absolute Gasteiger partial charge is 0.313 e. The molecule has 1 fully saturated rings. The predicted octanol–water partition coefficient (Wildman–Crippen LogP) is 4.78. The molecule has 0 amide bonds. The third-order valence-corrected chi connectivity index (χ3v) is 5.23. The summed E-state index contributed by atoms with van der Waals surface area (Å²) in [6.45, 7) is 9.57. The molecule has 0 aromatic heterocycles.